The Balaban J connectivity index is 1.30. The van der Waals surface area contributed by atoms with Crippen molar-refractivity contribution in [2.45, 2.75) is 45.0 Å². The highest BCUT2D eigenvalue weighted by atomic mass is 16.3. The summed E-state index contributed by atoms with van der Waals surface area (Å²) in [6, 6.07) is 20.6. The van der Waals surface area contributed by atoms with Gasteiger partial charge in [-0.25, -0.2) is 4.98 Å². The quantitative estimate of drug-likeness (QED) is 0.400. The number of nitrogens with zero attached hydrogens (tertiary/aromatic N) is 2. The average molecular weight is 458 g/mol. The topological polar surface area (TPSA) is 82.5 Å². The molecule has 0 radical (unpaired) electrons. The molecule has 1 aliphatic carbocycles. The Morgan fingerprint density at radius 3 is 2.65 bits per heavy atom. The lowest BCUT2D eigenvalue weighted by molar-refractivity contribution is -0.110. The standard InChI is InChI=1S/C28H31N3O3/c1-28(2)21-16-31(27(34)23-13-12-19-10-6-7-11-22(19)30-23)24(26(21)28)15-25(33)29-20(17-32)14-18-8-4-3-5-9-18/h3-13,17,20-21,24-26,29,33H,14-16H2,1-2H3/t20-,21+,24-,25?,26+/m1/s1. The Labute approximate surface area is 200 Å². The van der Waals surface area contributed by atoms with E-state index in [9.17, 15) is 14.7 Å². The molecular formula is C28H31N3O3. The van der Waals surface area contributed by atoms with Crippen molar-refractivity contribution >= 4 is 23.1 Å². The van der Waals surface area contributed by atoms with Crippen molar-refractivity contribution in [2.24, 2.45) is 17.3 Å². The fraction of sp³-hybridized carbons (Fsp3) is 0.393. The number of carbonyl (C=O) groups is 2. The molecule has 34 heavy (non-hydrogen) atoms. The van der Waals surface area contributed by atoms with Crippen LogP contribution in [0.25, 0.3) is 10.9 Å². The van der Waals surface area contributed by atoms with Crippen LogP contribution in [0, 0.1) is 17.3 Å². The van der Waals surface area contributed by atoms with Crippen LogP contribution in [0.2, 0.25) is 0 Å². The highest BCUT2D eigenvalue weighted by Gasteiger charge is 2.67. The lowest BCUT2D eigenvalue weighted by Gasteiger charge is -2.32. The summed E-state index contributed by atoms with van der Waals surface area (Å²) >= 11 is 0. The normalized spacial score (nSPS) is 24.4. The number of nitrogens with one attached hydrogen (secondary N) is 1. The molecule has 1 aromatic heterocycles. The number of pyridine rings is 1. The largest absolute Gasteiger partial charge is 0.379 e. The van der Waals surface area contributed by atoms with Gasteiger partial charge in [0.1, 0.15) is 18.2 Å². The van der Waals surface area contributed by atoms with E-state index in [0.29, 0.717) is 36.9 Å². The van der Waals surface area contributed by atoms with Crippen molar-refractivity contribution in [3.63, 3.8) is 0 Å². The number of piperidine rings is 1. The van der Waals surface area contributed by atoms with E-state index in [1.165, 1.54) is 0 Å². The first-order valence-electron chi connectivity index (χ1n) is 12.0. The van der Waals surface area contributed by atoms with Crippen LogP contribution in [0.5, 0.6) is 0 Å². The van der Waals surface area contributed by atoms with E-state index in [1.807, 2.05) is 65.6 Å². The smallest absolute Gasteiger partial charge is 0.272 e. The Bertz CT molecular complexity index is 1200. The van der Waals surface area contributed by atoms with Crippen LogP contribution in [-0.4, -0.2) is 52.0 Å². The summed E-state index contributed by atoms with van der Waals surface area (Å²) in [5.74, 6) is 0.652. The first-order valence-corrected chi connectivity index (χ1v) is 12.0. The molecule has 2 fully saturated rings. The Kier molecular flexibility index (Phi) is 5.96. The second-order valence-corrected chi connectivity index (χ2v) is 10.2. The van der Waals surface area contributed by atoms with E-state index in [-0.39, 0.29) is 17.4 Å². The van der Waals surface area contributed by atoms with Crippen LogP contribution in [0.15, 0.2) is 66.7 Å². The van der Waals surface area contributed by atoms with E-state index in [1.54, 1.807) is 6.07 Å². The predicted octanol–water partition coefficient (Wildman–Crippen LogP) is 3.44. The second-order valence-electron chi connectivity index (χ2n) is 10.2. The number of aliphatic hydroxyl groups is 1. The number of fused-ring (bicyclic) bond motifs is 2. The van der Waals surface area contributed by atoms with Crippen molar-refractivity contribution < 1.29 is 14.7 Å². The van der Waals surface area contributed by atoms with Crippen molar-refractivity contribution in [3.05, 3.63) is 78.0 Å². The van der Waals surface area contributed by atoms with Crippen LogP contribution >= 0.6 is 0 Å². The maximum Gasteiger partial charge on any atom is 0.272 e. The van der Waals surface area contributed by atoms with Crippen LogP contribution in [0.4, 0.5) is 0 Å². The molecule has 1 amide bonds. The summed E-state index contributed by atoms with van der Waals surface area (Å²) in [4.78, 5) is 31.6. The number of aliphatic hydroxyl groups excluding tert-OH is 1. The molecule has 2 heterocycles. The summed E-state index contributed by atoms with van der Waals surface area (Å²) in [6.45, 7) is 5.13. The van der Waals surface area contributed by atoms with E-state index in [0.717, 1.165) is 22.8 Å². The molecule has 1 unspecified atom stereocenters. The van der Waals surface area contributed by atoms with Gasteiger partial charge in [0.05, 0.1) is 11.6 Å². The first kappa shape index (κ1) is 22.7. The van der Waals surface area contributed by atoms with E-state index in [4.69, 9.17) is 0 Å². The summed E-state index contributed by atoms with van der Waals surface area (Å²) in [6.07, 6.45) is 0.839. The summed E-state index contributed by atoms with van der Waals surface area (Å²) in [7, 11) is 0. The molecule has 176 valence electrons. The fourth-order valence-corrected chi connectivity index (χ4v) is 5.84. The van der Waals surface area contributed by atoms with Gasteiger partial charge in [0.25, 0.3) is 5.91 Å². The zero-order valence-electron chi connectivity index (χ0n) is 19.6. The molecule has 5 atom stereocenters. The lowest BCUT2D eigenvalue weighted by Crippen LogP contribution is -2.47. The number of aromatic nitrogens is 1. The van der Waals surface area contributed by atoms with Gasteiger partial charge in [-0.05, 0) is 41.4 Å². The van der Waals surface area contributed by atoms with Gasteiger partial charge in [0, 0.05) is 24.4 Å². The van der Waals surface area contributed by atoms with Crippen molar-refractivity contribution in [2.75, 3.05) is 6.54 Å². The van der Waals surface area contributed by atoms with Crippen LogP contribution in [-0.2, 0) is 11.2 Å². The number of likely N-dealkylation sites (tertiary alicyclic amines) is 1. The maximum absolute atomic E-state index is 13.5. The SMILES string of the molecule is CC1(C)[C@@H]2[C@@H](CC(O)N[C@@H](C=O)Cc3ccccc3)N(C(=O)c3ccc4ccccc4n3)C[C@@H]21. The molecule has 0 bridgehead atoms. The van der Waals surface area contributed by atoms with Gasteiger partial charge in [-0.2, -0.15) is 0 Å². The van der Waals surface area contributed by atoms with Gasteiger partial charge in [0.2, 0.25) is 0 Å². The van der Waals surface area contributed by atoms with Gasteiger partial charge in [-0.1, -0.05) is 68.4 Å². The minimum atomic E-state index is -0.890. The first-order chi connectivity index (χ1) is 16.4. The third kappa shape index (κ3) is 4.24. The predicted molar refractivity (Wildman–Crippen MR) is 131 cm³/mol. The summed E-state index contributed by atoms with van der Waals surface area (Å²) in [5.41, 5.74) is 2.40. The number of hydrogen-bond acceptors (Lipinski definition) is 5. The average Bonchev–Trinajstić information content (AvgIpc) is 3.17. The molecular weight excluding hydrogens is 426 g/mol. The number of benzene rings is 2. The highest BCUT2D eigenvalue weighted by Crippen LogP contribution is 2.65. The Morgan fingerprint density at radius 2 is 1.88 bits per heavy atom. The number of para-hydroxylation sites is 1. The fourth-order valence-electron chi connectivity index (χ4n) is 5.84. The molecule has 1 saturated heterocycles. The third-order valence-corrected chi connectivity index (χ3v) is 7.76. The molecule has 2 aliphatic rings. The molecule has 3 aromatic rings. The number of amides is 1. The van der Waals surface area contributed by atoms with Crippen molar-refractivity contribution in [1.82, 2.24) is 15.2 Å². The van der Waals surface area contributed by atoms with Crippen molar-refractivity contribution in [3.8, 4) is 0 Å². The molecule has 0 spiro atoms. The number of carbonyl (C=O) groups excluding carboxylic acids is 2. The number of hydrogen-bond donors (Lipinski definition) is 2. The lowest BCUT2D eigenvalue weighted by atomic mass is 9.97. The van der Waals surface area contributed by atoms with Gasteiger partial charge in [-0.15, -0.1) is 0 Å². The van der Waals surface area contributed by atoms with Crippen LogP contribution in [0.3, 0.4) is 0 Å². The zero-order valence-corrected chi connectivity index (χ0v) is 19.6. The van der Waals surface area contributed by atoms with Gasteiger partial charge in [-0.3, -0.25) is 10.1 Å². The minimum absolute atomic E-state index is 0.0952. The Morgan fingerprint density at radius 1 is 1.15 bits per heavy atom. The summed E-state index contributed by atoms with van der Waals surface area (Å²) < 4.78 is 0. The highest BCUT2D eigenvalue weighted by molar-refractivity contribution is 5.95. The molecule has 1 saturated carbocycles. The Hall–Kier alpha value is -3.09. The molecule has 6 nitrogen and oxygen atoms in total. The molecule has 5 rings (SSSR count). The third-order valence-electron chi connectivity index (χ3n) is 7.76. The van der Waals surface area contributed by atoms with E-state index in [2.05, 4.69) is 24.1 Å². The van der Waals surface area contributed by atoms with Gasteiger partial charge in [0.15, 0.2) is 0 Å². The minimum Gasteiger partial charge on any atom is -0.379 e. The zero-order chi connectivity index (χ0) is 23.9. The molecule has 1 aliphatic heterocycles. The molecule has 2 aromatic carbocycles. The number of aldehydes is 1. The van der Waals surface area contributed by atoms with E-state index >= 15 is 0 Å². The van der Waals surface area contributed by atoms with Crippen molar-refractivity contribution in [1.29, 1.82) is 0 Å². The second kappa shape index (κ2) is 8.93. The molecule has 2 N–H and O–H groups in total. The summed E-state index contributed by atoms with van der Waals surface area (Å²) in [5, 5.41) is 14.9. The van der Waals surface area contributed by atoms with Gasteiger partial charge < -0.3 is 14.8 Å². The molecule has 6 heteroatoms. The maximum atomic E-state index is 13.5. The van der Waals surface area contributed by atoms with E-state index < -0.39 is 12.3 Å². The monoisotopic (exact) mass is 457 g/mol. The number of rotatable bonds is 8. The van der Waals surface area contributed by atoms with Crippen LogP contribution < -0.4 is 5.32 Å². The van der Waals surface area contributed by atoms with Crippen LogP contribution in [0.1, 0.15) is 36.3 Å². The van der Waals surface area contributed by atoms with Gasteiger partial charge >= 0.3 is 0 Å².